The highest BCUT2D eigenvalue weighted by Crippen LogP contribution is 2.19. The van der Waals surface area contributed by atoms with Crippen molar-refractivity contribution in [3.63, 3.8) is 0 Å². The first-order valence-corrected chi connectivity index (χ1v) is 6.41. The van der Waals surface area contributed by atoms with Crippen LogP contribution in [-0.2, 0) is 9.59 Å². The maximum Gasteiger partial charge on any atom is 0.238 e. The van der Waals surface area contributed by atoms with Gasteiger partial charge in [0.15, 0.2) is 0 Å². The highest BCUT2D eigenvalue weighted by Gasteiger charge is 2.18. The minimum atomic E-state index is -0.0768. The van der Waals surface area contributed by atoms with Crippen LogP contribution in [0.1, 0.15) is 11.1 Å². The van der Waals surface area contributed by atoms with Gasteiger partial charge in [-0.15, -0.1) is 0 Å². The van der Waals surface area contributed by atoms with Gasteiger partial charge in [0, 0.05) is 18.8 Å². The van der Waals surface area contributed by atoms with Crippen LogP contribution < -0.4 is 10.6 Å². The van der Waals surface area contributed by atoms with E-state index in [9.17, 15) is 9.59 Å². The molecule has 1 aliphatic heterocycles. The number of benzene rings is 1. The fourth-order valence-electron chi connectivity index (χ4n) is 2.22. The van der Waals surface area contributed by atoms with E-state index in [1.807, 2.05) is 36.9 Å². The smallest absolute Gasteiger partial charge is 0.238 e. The normalized spacial score (nSPS) is 16.0. The molecule has 0 unspecified atom stereocenters. The molecule has 2 N–H and O–H groups in total. The van der Waals surface area contributed by atoms with Gasteiger partial charge in [0.2, 0.25) is 11.8 Å². The number of carbonyl (C=O) groups is 2. The van der Waals surface area contributed by atoms with E-state index in [2.05, 4.69) is 10.6 Å². The van der Waals surface area contributed by atoms with Gasteiger partial charge in [-0.1, -0.05) is 18.2 Å². The molecular formula is C14H19N3O2. The Labute approximate surface area is 113 Å². The Morgan fingerprint density at radius 3 is 2.68 bits per heavy atom. The monoisotopic (exact) mass is 261 g/mol. The average Bonchev–Trinajstić information content (AvgIpc) is 2.34. The lowest BCUT2D eigenvalue weighted by Gasteiger charge is -2.25. The average molecular weight is 261 g/mol. The van der Waals surface area contributed by atoms with Crippen LogP contribution >= 0.6 is 0 Å². The molecule has 0 bridgehead atoms. The van der Waals surface area contributed by atoms with Crippen LogP contribution in [0.25, 0.3) is 0 Å². The molecule has 0 spiro atoms. The fraction of sp³-hybridized carbons (Fsp3) is 0.429. The number of rotatable bonds is 3. The Balaban J connectivity index is 1.96. The van der Waals surface area contributed by atoms with E-state index < -0.39 is 0 Å². The van der Waals surface area contributed by atoms with Gasteiger partial charge in [-0.2, -0.15) is 0 Å². The van der Waals surface area contributed by atoms with Crippen molar-refractivity contribution >= 4 is 17.5 Å². The predicted molar refractivity (Wildman–Crippen MR) is 74.0 cm³/mol. The Bertz CT molecular complexity index is 479. The third-order valence-electron chi connectivity index (χ3n) is 3.23. The summed E-state index contributed by atoms with van der Waals surface area (Å²) in [7, 11) is 0. The van der Waals surface area contributed by atoms with E-state index in [1.54, 1.807) is 0 Å². The van der Waals surface area contributed by atoms with E-state index in [1.165, 1.54) is 0 Å². The van der Waals surface area contributed by atoms with Gasteiger partial charge in [-0.25, -0.2) is 0 Å². The van der Waals surface area contributed by atoms with Crippen LogP contribution in [-0.4, -0.2) is 42.9 Å². The van der Waals surface area contributed by atoms with E-state index in [0.717, 1.165) is 16.8 Å². The summed E-state index contributed by atoms with van der Waals surface area (Å²) in [6.07, 6.45) is 0. The van der Waals surface area contributed by atoms with Crippen molar-refractivity contribution in [3.05, 3.63) is 29.3 Å². The topological polar surface area (TPSA) is 61.4 Å². The number of anilines is 1. The molecule has 0 saturated carbocycles. The minimum Gasteiger partial charge on any atom is -0.354 e. The summed E-state index contributed by atoms with van der Waals surface area (Å²) in [5, 5.41) is 5.67. The number of aryl methyl sites for hydroxylation is 2. The summed E-state index contributed by atoms with van der Waals surface area (Å²) < 4.78 is 0. The summed E-state index contributed by atoms with van der Waals surface area (Å²) in [5.74, 6) is -0.0989. The van der Waals surface area contributed by atoms with Crippen LogP contribution in [0, 0.1) is 13.8 Å². The number of amides is 2. The van der Waals surface area contributed by atoms with Crippen molar-refractivity contribution in [2.45, 2.75) is 13.8 Å². The zero-order valence-corrected chi connectivity index (χ0v) is 11.3. The van der Waals surface area contributed by atoms with Gasteiger partial charge in [0.05, 0.1) is 13.1 Å². The van der Waals surface area contributed by atoms with Crippen molar-refractivity contribution in [2.24, 2.45) is 0 Å². The first-order chi connectivity index (χ1) is 9.06. The Kier molecular flexibility index (Phi) is 4.16. The van der Waals surface area contributed by atoms with Crippen LogP contribution in [0.15, 0.2) is 18.2 Å². The maximum atomic E-state index is 12.0. The number of hydrogen-bond donors (Lipinski definition) is 2. The van der Waals surface area contributed by atoms with Gasteiger partial charge in [0.25, 0.3) is 0 Å². The number of carbonyl (C=O) groups excluding carboxylic acids is 2. The Morgan fingerprint density at radius 2 is 2.05 bits per heavy atom. The first-order valence-electron chi connectivity index (χ1n) is 6.41. The van der Waals surface area contributed by atoms with E-state index in [0.29, 0.717) is 19.6 Å². The molecule has 1 aliphatic rings. The molecule has 1 aromatic rings. The summed E-state index contributed by atoms with van der Waals surface area (Å²) in [4.78, 5) is 25.1. The number of nitrogens with zero attached hydrogens (tertiary/aromatic N) is 1. The molecule has 102 valence electrons. The third-order valence-corrected chi connectivity index (χ3v) is 3.23. The lowest BCUT2D eigenvalue weighted by molar-refractivity contribution is -0.125. The lowest BCUT2D eigenvalue weighted by Crippen LogP contribution is -2.49. The fourth-order valence-corrected chi connectivity index (χ4v) is 2.22. The highest BCUT2D eigenvalue weighted by molar-refractivity contribution is 5.94. The molecule has 5 heteroatoms. The zero-order chi connectivity index (χ0) is 13.8. The van der Waals surface area contributed by atoms with Crippen LogP contribution in [0.5, 0.6) is 0 Å². The van der Waals surface area contributed by atoms with Crippen LogP contribution in [0.3, 0.4) is 0 Å². The second-order valence-corrected chi connectivity index (χ2v) is 4.88. The van der Waals surface area contributed by atoms with Gasteiger partial charge >= 0.3 is 0 Å². The van der Waals surface area contributed by atoms with E-state index >= 15 is 0 Å². The molecule has 0 aromatic heterocycles. The van der Waals surface area contributed by atoms with Crippen LogP contribution in [0.2, 0.25) is 0 Å². The number of hydrogen-bond acceptors (Lipinski definition) is 3. The molecule has 5 nitrogen and oxygen atoms in total. The molecule has 2 rings (SSSR count). The van der Waals surface area contributed by atoms with E-state index in [4.69, 9.17) is 0 Å². The van der Waals surface area contributed by atoms with Gasteiger partial charge in [0.1, 0.15) is 0 Å². The third kappa shape index (κ3) is 3.54. The quantitative estimate of drug-likeness (QED) is 0.841. The molecule has 0 radical (unpaired) electrons. The summed E-state index contributed by atoms with van der Waals surface area (Å²) >= 11 is 0. The first kappa shape index (κ1) is 13.5. The van der Waals surface area contributed by atoms with Crippen molar-refractivity contribution in [2.75, 3.05) is 31.5 Å². The number of nitrogens with one attached hydrogen (secondary N) is 2. The van der Waals surface area contributed by atoms with Crippen molar-refractivity contribution in [1.82, 2.24) is 10.2 Å². The number of piperazine rings is 1. The van der Waals surface area contributed by atoms with Crippen molar-refractivity contribution in [3.8, 4) is 0 Å². The van der Waals surface area contributed by atoms with Crippen molar-refractivity contribution < 1.29 is 9.59 Å². The molecule has 2 amide bonds. The summed E-state index contributed by atoms with van der Waals surface area (Å²) in [5.41, 5.74) is 2.96. The second kappa shape index (κ2) is 5.84. The second-order valence-electron chi connectivity index (χ2n) is 4.88. The van der Waals surface area contributed by atoms with Gasteiger partial charge in [-0.05, 0) is 25.0 Å². The number of para-hydroxylation sites is 1. The Morgan fingerprint density at radius 1 is 1.37 bits per heavy atom. The van der Waals surface area contributed by atoms with Crippen molar-refractivity contribution in [1.29, 1.82) is 0 Å². The van der Waals surface area contributed by atoms with Gasteiger partial charge < -0.3 is 10.6 Å². The molecule has 1 heterocycles. The SMILES string of the molecule is Cc1cccc(C)c1NC(=O)CN1CCNC(=O)C1. The summed E-state index contributed by atoms with van der Waals surface area (Å²) in [6, 6.07) is 5.91. The minimum absolute atomic E-state index is 0.0221. The van der Waals surface area contributed by atoms with Crippen LogP contribution in [0.4, 0.5) is 5.69 Å². The largest absolute Gasteiger partial charge is 0.354 e. The molecule has 1 fully saturated rings. The molecule has 0 aliphatic carbocycles. The molecule has 1 saturated heterocycles. The molecular weight excluding hydrogens is 242 g/mol. The molecule has 1 aromatic carbocycles. The highest BCUT2D eigenvalue weighted by atomic mass is 16.2. The molecule has 0 atom stereocenters. The Hall–Kier alpha value is -1.88. The lowest BCUT2D eigenvalue weighted by atomic mass is 10.1. The summed E-state index contributed by atoms with van der Waals surface area (Å²) in [6.45, 7) is 5.80. The maximum absolute atomic E-state index is 12.0. The molecule has 19 heavy (non-hydrogen) atoms. The predicted octanol–water partition coefficient (Wildman–Crippen LogP) is 0.674. The zero-order valence-electron chi connectivity index (χ0n) is 11.3. The van der Waals surface area contributed by atoms with Gasteiger partial charge in [-0.3, -0.25) is 14.5 Å². The standard InChI is InChI=1S/C14H19N3O2/c1-10-4-3-5-11(2)14(10)16-13(19)9-17-7-6-15-12(18)8-17/h3-5H,6-9H2,1-2H3,(H,15,18)(H,16,19). The van der Waals surface area contributed by atoms with E-state index in [-0.39, 0.29) is 18.4 Å².